The molecule has 2 unspecified atom stereocenters. The molecule has 2 atom stereocenters. The number of aliphatic carboxylic acids is 1. The molecule has 1 N–H and O–H groups in total. The summed E-state index contributed by atoms with van der Waals surface area (Å²) < 4.78 is 5.41. The topological polar surface area (TPSA) is 63.6 Å². The third-order valence-corrected chi connectivity index (χ3v) is 4.72. The Morgan fingerprint density at radius 3 is 2.50 bits per heavy atom. The molecule has 0 aromatic heterocycles. The van der Waals surface area contributed by atoms with Crippen LogP contribution in [0.1, 0.15) is 66.7 Å². The average molecular weight is 284 g/mol. The molecule has 4 heteroatoms. The molecule has 0 radical (unpaired) electrons. The van der Waals surface area contributed by atoms with Crippen molar-refractivity contribution in [3.8, 4) is 0 Å². The Morgan fingerprint density at radius 1 is 1.40 bits per heavy atom. The maximum atomic E-state index is 11.6. The number of carboxylic acid groups (broad SMARTS) is 1. The molecule has 20 heavy (non-hydrogen) atoms. The summed E-state index contributed by atoms with van der Waals surface area (Å²) in [4.78, 5) is 22.1. The van der Waals surface area contributed by atoms with Gasteiger partial charge in [0.25, 0.3) is 0 Å². The first-order valence-corrected chi connectivity index (χ1v) is 7.47. The van der Waals surface area contributed by atoms with Crippen LogP contribution in [0.25, 0.3) is 0 Å². The van der Waals surface area contributed by atoms with E-state index in [4.69, 9.17) is 9.84 Å². The first-order chi connectivity index (χ1) is 9.03. The highest BCUT2D eigenvalue weighted by Crippen LogP contribution is 2.44. The van der Waals surface area contributed by atoms with Gasteiger partial charge in [-0.15, -0.1) is 0 Å². The van der Waals surface area contributed by atoms with Crippen molar-refractivity contribution in [2.45, 2.75) is 72.3 Å². The minimum atomic E-state index is -1.14. The largest absolute Gasteiger partial charge is 0.481 e. The summed E-state index contributed by atoms with van der Waals surface area (Å²) in [7, 11) is 0. The van der Waals surface area contributed by atoms with E-state index < -0.39 is 24.0 Å². The zero-order valence-electron chi connectivity index (χ0n) is 13.4. The maximum Gasteiger partial charge on any atom is 0.317 e. The van der Waals surface area contributed by atoms with Crippen molar-refractivity contribution in [3.63, 3.8) is 0 Å². The highest BCUT2D eigenvalue weighted by Gasteiger charge is 2.39. The van der Waals surface area contributed by atoms with Gasteiger partial charge in [-0.3, -0.25) is 9.59 Å². The first kappa shape index (κ1) is 17.0. The summed E-state index contributed by atoms with van der Waals surface area (Å²) in [5.41, 5.74) is -0.275. The molecule has 0 bridgehead atoms. The quantitative estimate of drug-likeness (QED) is 0.618. The predicted molar refractivity (Wildman–Crippen MR) is 77.3 cm³/mol. The lowest BCUT2D eigenvalue weighted by molar-refractivity contribution is -0.167. The number of carboxylic acids is 1. The van der Waals surface area contributed by atoms with Crippen LogP contribution in [0.5, 0.6) is 0 Å². The predicted octanol–water partition coefficient (Wildman–Crippen LogP) is 3.64. The molecule has 116 valence electrons. The number of carbonyl (C=O) groups excluding carboxylic acids is 1. The number of rotatable bonds is 5. The van der Waals surface area contributed by atoms with Crippen molar-refractivity contribution < 1.29 is 19.4 Å². The molecule has 0 amide bonds. The molecular weight excluding hydrogens is 256 g/mol. The standard InChI is InChI=1S/C16H28O4/c1-11(12-7-6-8-15(2,3)10-12)16(4,5)20-14(19)9-13(17)18/h11-12H,6-10H2,1-5H3,(H,17,18). The number of hydrogen-bond donors (Lipinski definition) is 1. The Kier molecular flexibility index (Phi) is 5.22. The number of carbonyl (C=O) groups is 2. The summed E-state index contributed by atoms with van der Waals surface area (Å²) in [6.45, 7) is 10.5. The Balaban J connectivity index is 2.66. The van der Waals surface area contributed by atoms with E-state index in [-0.39, 0.29) is 5.92 Å². The molecule has 1 aliphatic rings. The minimum Gasteiger partial charge on any atom is -0.481 e. The molecule has 4 nitrogen and oxygen atoms in total. The number of ether oxygens (including phenoxy) is 1. The van der Waals surface area contributed by atoms with Gasteiger partial charge in [0.2, 0.25) is 0 Å². The second kappa shape index (κ2) is 6.15. The van der Waals surface area contributed by atoms with Crippen LogP contribution in [0.15, 0.2) is 0 Å². The van der Waals surface area contributed by atoms with E-state index in [1.54, 1.807) is 0 Å². The van der Waals surface area contributed by atoms with Crippen molar-refractivity contribution in [1.29, 1.82) is 0 Å². The molecule has 0 spiro atoms. The Hall–Kier alpha value is -1.06. The van der Waals surface area contributed by atoms with E-state index in [1.165, 1.54) is 12.8 Å². The van der Waals surface area contributed by atoms with Gasteiger partial charge in [-0.05, 0) is 43.9 Å². The number of esters is 1. The Morgan fingerprint density at radius 2 is 2.00 bits per heavy atom. The summed E-state index contributed by atoms with van der Waals surface area (Å²) in [5.74, 6) is -1.05. The van der Waals surface area contributed by atoms with Gasteiger partial charge in [0.1, 0.15) is 12.0 Å². The van der Waals surface area contributed by atoms with Gasteiger partial charge >= 0.3 is 11.9 Å². The van der Waals surface area contributed by atoms with Crippen LogP contribution in [0, 0.1) is 17.3 Å². The molecule has 1 rings (SSSR count). The van der Waals surface area contributed by atoms with Crippen LogP contribution >= 0.6 is 0 Å². The van der Waals surface area contributed by atoms with Crippen molar-refractivity contribution in [2.24, 2.45) is 17.3 Å². The normalized spacial score (nSPS) is 23.9. The molecule has 1 aliphatic carbocycles. The molecule has 0 aliphatic heterocycles. The third kappa shape index (κ3) is 4.80. The van der Waals surface area contributed by atoms with Crippen molar-refractivity contribution >= 4 is 11.9 Å². The smallest absolute Gasteiger partial charge is 0.317 e. The molecule has 0 aromatic carbocycles. The van der Waals surface area contributed by atoms with E-state index in [9.17, 15) is 9.59 Å². The fraction of sp³-hybridized carbons (Fsp3) is 0.875. The molecule has 0 heterocycles. The monoisotopic (exact) mass is 284 g/mol. The van der Waals surface area contributed by atoms with Crippen LogP contribution in [0.2, 0.25) is 0 Å². The van der Waals surface area contributed by atoms with E-state index >= 15 is 0 Å². The van der Waals surface area contributed by atoms with Gasteiger partial charge in [-0.2, -0.15) is 0 Å². The number of hydrogen-bond acceptors (Lipinski definition) is 3. The van der Waals surface area contributed by atoms with Crippen LogP contribution in [0.4, 0.5) is 0 Å². The average Bonchev–Trinajstić information content (AvgIpc) is 2.24. The van der Waals surface area contributed by atoms with Gasteiger partial charge in [0, 0.05) is 0 Å². The summed E-state index contributed by atoms with van der Waals surface area (Å²) in [5, 5.41) is 8.64. The second-order valence-electron chi connectivity index (χ2n) is 7.46. The highest BCUT2D eigenvalue weighted by molar-refractivity contribution is 5.90. The third-order valence-electron chi connectivity index (χ3n) is 4.72. The zero-order chi connectivity index (χ0) is 15.6. The lowest BCUT2D eigenvalue weighted by Crippen LogP contribution is -2.41. The van der Waals surface area contributed by atoms with Gasteiger partial charge in [0.15, 0.2) is 0 Å². The van der Waals surface area contributed by atoms with E-state index in [1.807, 2.05) is 13.8 Å². The maximum absolute atomic E-state index is 11.6. The van der Waals surface area contributed by atoms with E-state index in [0.29, 0.717) is 11.3 Å². The summed E-state index contributed by atoms with van der Waals surface area (Å²) >= 11 is 0. The van der Waals surface area contributed by atoms with Gasteiger partial charge < -0.3 is 9.84 Å². The molecule has 1 saturated carbocycles. The Labute approximate surface area is 121 Å². The van der Waals surface area contributed by atoms with Crippen molar-refractivity contribution in [3.05, 3.63) is 0 Å². The minimum absolute atomic E-state index is 0.222. The van der Waals surface area contributed by atoms with Crippen molar-refractivity contribution in [1.82, 2.24) is 0 Å². The van der Waals surface area contributed by atoms with Crippen LogP contribution in [0.3, 0.4) is 0 Å². The molecule has 1 fully saturated rings. The summed E-state index contributed by atoms with van der Waals surface area (Å²) in [6, 6.07) is 0. The van der Waals surface area contributed by atoms with Gasteiger partial charge in [0.05, 0.1) is 0 Å². The van der Waals surface area contributed by atoms with Gasteiger partial charge in [-0.25, -0.2) is 0 Å². The van der Waals surface area contributed by atoms with Crippen LogP contribution in [-0.4, -0.2) is 22.6 Å². The summed E-state index contributed by atoms with van der Waals surface area (Å²) in [6.07, 6.45) is 4.18. The SMILES string of the molecule is CC(C1CCCC(C)(C)C1)C(C)(C)OC(=O)CC(=O)O. The van der Waals surface area contributed by atoms with Gasteiger partial charge in [-0.1, -0.05) is 33.6 Å². The lowest BCUT2D eigenvalue weighted by Gasteiger charge is -2.43. The first-order valence-electron chi connectivity index (χ1n) is 7.47. The molecule has 0 saturated heterocycles. The van der Waals surface area contributed by atoms with Crippen LogP contribution < -0.4 is 0 Å². The fourth-order valence-corrected chi connectivity index (χ4v) is 3.30. The molecule has 0 aromatic rings. The fourth-order valence-electron chi connectivity index (χ4n) is 3.30. The van der Waals surface area contributed by atoms with E-state index in [2.05, 4.69) is 20.8 Å². The van der Waals surface area contributed by atoms with Crippen molar-refractivity contribution in [2.75, 3.05) is 0 Å². The Bertz CT molecular complexity index is 371. The second-order valence-corrected chi connectivity index (χ2v) is 7.46. The molecular formula is C16H28O4. The van der Waals surface area contributed by atoms with Crippen LogP contribution in [-0.2, 0) is 14.3 Å². The zero-order valence-corrected chi connectivity index (χ0v) is 13.4. The highest BCUT2D eigenvalue weighted by atomic mass is 16.6. The van der Waals surface area contributed by atoms with E-state index in [0.717, 1.165) is 12.8 Å². The lowest BCUT2D eigenvalue weighted by atomic mass is 9.66.